The molecule has 9 heteroatoms. The lowest BCUT2D eigenvalue weighted by Crippen LogP contribution is -2.29. The molecule has 0 radical (unpaired) electrons. The Bertz CT molecular complexity index is 1240. The van der Waals surface area contributed by atoms with E-state index >= 15 is 0 Å². The van der Waals surface area contributed by atoms with Gasteiger partial charge in [-0.3, -0.25) is 4.79 Å². The highest BCUT2D eigenvalue weighted by atomic mass is 16.1. The summed E-state index contributed by atoms with van der Waals surface area (Å²) in [6, 6.07) is 12.7. The first kappa shape index (κ1) is 24.4. The van der Waals surface area contributed by atoms with Crippen LogP contribution in [0.1, 0.15) is 41.0 Å². The number of anilines is 3. The molecule has 0 saturated heterocycles. The van der Waals surface area contributed by atoms with Crippen LogP contribution in [0.2, 0.25) is 0 Å². The summed E-state index contributed by atoms with van der Waals surface area (Å²) in [4.78, 5) is 25.9. The van der Waals surface area contributed by atoms with Crippen molar-refractivity contribution in [3.8, 4) is 0 Å². The smallest absolute Gasteiger partial charge is 0.255 e. The van der Waals surface area contributed by atoms with Crippen molar-refractivity contribution in [2.45, 2.75) is 26.3 Å². The van der Waals surface area contributed by atoms with Crippen molar-refractivity contribution < 1.29 is 4.79 Å². The molecule has 0 unspecified atom stereocenters. The van der Waals surface area contributed by atoms with Crippen LogP contribution in [-0.2, 0) is 5.54 Å². The van der Waals surface area contributed by atoms with Gasteiger partial charge in [-0.2, -0.15) is 0 Å². The fourth-order valence-corrected chi connectivity index (χ4v) is 3.26. The van der Waals surface area contributed by atoms with Gasteiger partial charge in [-0.25, -0.2) is 15.0 Å². The van der Waals surface area contributed by atoms with Crippen molar-refractivity contribution in [2.24, 2.45) is 16.5 Å². The number of aliphatic imine (C=N–C) groups is 1. The van der Waals surface area contributed by atoms with Gasteiger partial charge in [0.1, 0.15) is 17.7 Å². The zero-order chi connectivity index (χ0) is 24.9. The average molecular weight is 459 g/mol. The van der Waals surface area contributed by atoms with Crippen molar-refractivity contribution in [2.75, 3.05) is 23.0 Å². The van der Waals surface area contributed by atoms with Gasteiger partial charge in [0.15, 0.2) is 11.7 Å². The molecular formula is C25H30N8O. The largest absolute Gasteiger partial charge is 0.382 e. The third-order valence-corrected chi connectivity index (χ3v) is 5.15. The first-order valence-electron chi connectivity index (χ1n) is 10.7. The molecule has 9 nitrogen and oxygen atoms in total. The molecule has 34 heavy (non-hydrogen) atoms. The molecule has 0 aliphatic rings. The highest BCUT2D eigenvalue weighted by molar-refractivity contribution is 6.05. The van der Waals surface area contributed by atoms with Crippen LogP contribution in [0.15, 0.2) is 66.6 Å². The normalized spacial score (nSPS) is 11.6. The lowest BCUT2D eigenvalue weighted by molar-refractivity contribution is 0.102. The molecule has 0 bridgehead atoms. The molecule has 7 N–H and O–H groups in total. The van der Waals surface area contributed by atoms with Gasteiger partial charge in [0.2, 0.25) is 0 Å². The Hall–Kier alpha value is -4.24. The Morgan fingerprint density at radius 2 is 1.94 bits per heavy atom. The maximum atomic E-state index is 12.9. The number of nitrogens with zero attached hydrogens (tertiary/aromatic N) is 3. The van der Waals surface area contributed by atoms with E-state index in [0.29, 0.717) is 34.1 Å². The molecule has 0 fully saturated rings. The first-order valence-corrected chi connectivity index (χ1v) is 10.7. The lowest BCUT2D eigenvalue weighted by atomic mass is 9.94. The summed E-state index contributed by atoms with van der Waals surface area (Å²) in [5.74, 6) is 0.501. The highest BCUT2D eigenvalue weighted by Crippen LogP contribution is 2.27. The van der Waals surface area contributed by atoms with Gasteiger partial charge in [0.05, 0.1) is 5.69 Å². The molecule has 0 saturated carbocycles. The third-order valence-electron chi connectivity index (χ3n) is 5.15. The van der Waals surface area contributed by atoms with Crippen LogP contribution < -0.4 is 27.4 Å². The summed E-state index contributed by atoms with van der Waals surface area (Å²) in [6.45, 7) is 9.39. The van der Waals surface area contributed by atoms with Gasteiger partial charge < -0.3 is 27.4 Å². The molecule has 3 aromatic rings. The summed E-state index contributed by atoms with van der Waals surface area (Å²) < 4.78 is 0. The standard InChI is InChI=1S/C25H30N8O/c1-6-29-21-20(30-14-31-23(21)28-5)22(26)33-19-13-18(11-10-15(19)2)32-24(34)16-8-7-9-17(12-16)25(3,4)27/h6-14,29H,1,27H2,2-5H3,(H2,26,33)(H,32,34)(H,28,30,31). The Labute approximate surface area is 199 Å². The molecule has 1 heterocycles. The number of amides is 1. The minimum absolute atomic E-state index is 0.188. The van der Waals surface area contributed by atoms with E-state index < -0.39 is 5.54 Å². The van der Waals surface area contributed by atoms with Gasteiger partial charge in [0.25, 0.3) is 5.91 Å². The van der Waals surface area contributed by atoms with Crippen molar-refractivity contribution in [3.63, 3.8) is 0 Å². The number of rotatable bonds is 8. The van der Waals surface area contributed by atoms with E-state index in [-0.39, 0.29) is 11.7 Å². The van der Waals surface area contributed by atoms with Gasteiger partial charge in [-0.15, -0.1) is 0 Å². The predicted molar refractivity (Wildman–Crippen MR) is 139 cm³/mol. The molecule has 0 aliphatic carbocycles. The molecule has 2 aromatic carbocycles. The summed E-state index contributed by atoms with van der Waals surface area (Å²) in [5, 5.41) is 8.90. The van der Waals surface area contributed by atoms with Crippen LogP contribution in [0.25, 0.3) is 0 Å². The maximum absolute atomic E-state index is 12.9. The second-order valence-electron chi connectivity index (χ2n) is 8.30. The summed E-state index contributed by atoms with van der Waals surface area (Å²) in [5.41, 5.74) is 16.4. The van der Waals surface area contributed by atoms with Crippen LogP contribution in [0.5, 0.6) is 0 Å². The molecule has 1 aromatic heterocycles. The van der Waals surface area contributed by atoms with Crippen molar-refractivity contribution in [1.82, 2.24) is 9.97 Å². The Morgan fingerprint density at radius 3 is 2.62 bits per heavy atom. The number of nitrogens with one attached hydrogen (secondary N) is 3. The van der Waals surface area contributed by atoms with Crippen molar-refractivity contribution in [3.05, 3.63) is 84.0 Å². The van der Waals surface area contributed by atoms with E-state index in [4.69, 9.17) is 11.5 Å². The molecule has 0 atom stereocenters. The molecule has 3 rings (SSSR count). The molecular weight excluding hydrogens is 428 g/mol. The fraction of sp³-hybridized carbons (Fsp3) is 0.200. The van der Waals surface area contributed by atoms with Crippen LogP contribution >= 0.6 is 0 Å². The van der Waals surface area contributed by atoms with Crippen molar-refractivity contribution in [1.29, 1.82) is 0 Å². The number of aryl methyl sites for hydroxylation is 1. The fourth-order valence-electron chi connectivity index (χ4n) is 3.26. The van der Waals surface area contributed by atoms with Crippen LogP contribution in [-0.4, -0.2) is 28.8 Å². The number of aromatic nitrogens is 2. The third kappa shape index (κ3) is 5.57. The zero-order valence-corrected chi connectivity index (χ0v) is 19.8. The second kappa shape index (κ2) is 10.1. The van der Waals surface area contributed by atoms with Gasteiger partial charge >= 0.3 is 0 Å². The number of benzene rings is 2. The van der Waals surface area contributed by atoms with E-state index in [1.165, 1.54) is 12.5 Å². The summed E-state index contributed by atoms with van der Waals surface area (Å²) >= 11 is 0. The Kier molecular flexibility index (Phi) is 7.28. The monoisotopic (exact) mass is 458 g/mol. The van der Waals surface area contributed by atoms with Gasteiger partial charge in [-0.1, -0.05) is 24.8 Å². The predicted octanol–water partition coefficient (Wildman–Crippen LogP) is 3.87. The summed E-state index contributed by atoms with van der Waals surface area (Å²) in [7, 11) is 1.74. The molecule has 1 amide bonds. The minimum Gasteiger partial charge on any atom is -0.382 e. The highest BCUT2D eigenvalue weighted by Gasteiger charge is 2.17. The quantitative estimate of drug-likeness (QED) is 0.255. The number of hydrogen-bond acceptors (Lipinski definition) is 7. The van der Waals surface area contributed by atoms with E-state index in [1.54, 1.807) is 25.2 Å². The van der Waals surface area contributed by atoms with Crippen molar-refractivity contribution >= 4 is 34.6 Å². The van der Waals surface area contributed by atoms with Gasteiger partial charge in [-0.05, 0) is 62.4 Å². The molecule has 0 spiro atoms. The number of carbonyl (C=O) groups excluding carboxylic acids is 1. The maximum Gasteiger partial charge on any atom is 0.255 e. The van der Waals surface area contributed by atoms with Crippen LogP contribution in [0.3, 0.4) is 0 Å². The zero-order valence-electron chi connectivity index (χ0n) is 19.8. The number of nitrogens with two attached hydrogens (primary N) is 2. The number of amidine groups is 1. The Balaban J connectivity index is 1.91. The van der Waals surface area contributed by atoms with E-state index in [2.05, 4.69) is 37.5 Å². The topological polar surface area (TPSA) is 143 Å². The first-order chi connectivity index (χ1) is 16.1. The second-order valence-corrected chi connectivity index (χ2v) is 8.30. The van der Waals surface area contributed by atoms with E-state index in [0.717, 1.165) is 11.1 Å². The number of hydrogen-bond donors (Lipinski definition) is 5. The minimum atomic E-state index is -0.549. The van der Waals surface area contributed by atoms with E-state index in [9.17, 15) is 4.79 Å². The average Bonchev–Trinajstić information content (AvgIpc) is 2.81. The lowest BCUT2D eigenvalue weighted by Gasteiger charge is -2.19. The van der Waals surface area contributed by atoms with Gasteiger partial charge in [0, 0.05) is 23.8 Å². The molecule has 176 valence electrons. The number of carbonyl (C=O) groups is 1. The SMILES string of the molecule is C=CNc1c(NC)ncnc1C(N)=Nc1cc(NC(=O)c2cccc(C(C)(C)N)c2)ccc1C. The van der Waals surface area contributed by atoms with E-state index in [1.807, 2.05) is 45.0 Å². The Morgan fingerprint density at radius 1 is 1.18 bits per heavy atom. The van der Waals surface area contributed by atoms with Crippen LogP contribution in [0, 0.1) is 6.92 Å². The molecule has 0 aliphatic heterocycles. The summed E-state index contributed by atoms with van der Waals surface area (Å²) in [6.07, 6.45) is 2.91. The van der Waals surface area contributed by atoms with Crippen LogP contribution in [0.4, 0.5) is 22.9 Å².